The Kier molecular flexibility index (Phi) is 3.60. The Labute approximate surface area is 74.9 Å². The highest BCUT2D eigenvalue weighted by Gasteiger charge is 2.12. The highest BCUT2D eigenvalue weighted by Crippen LogP contribution is 2.17. The number of hydrogen-bond acceptors (Lipinski definition) is 2. The third kappa shape index (κ3) is 2.52. The topological polar surface area (TPSA) is 23.5 Å². The van der Waals surface area contributed by atoms with Crippen LogP contribution in [0.5, 0.6) is 0 Å². The van der Waals surface area contributed by atoms with E-state index in [9.17, 15) is 5.11 Å². The predicted molar refractivity (Wildman–Crippen MR) is 50.9 cm³/mol. The van der Waals surface area contributed by atoms with Gasteiger partial charge in [0.15, 0.2) is 0 Å². The van der Waals surface area contributed by atoms with E-state index in [4.69, 9.17) is 0 Å². The summed E-state index contributed by atoms with van der Waals surface area (Å²) in [5.41, 5.74) is 1.19. The molecule has 2 nitrogen and oxygen atoms in total. The van der Waals surface area contributed by atoms with Crippen molar-refractivity contribution in [3.05, 3.63) is 11.8 Å². The first-order valence-corrected chi connectivity index (χ1v) is 4.86. The van der Waals surface area contributed by atoms with E-state index in [0.29, 0.717) is 0 Å². The molecule has 0 aromatic rings. The van der Waals surface area contributed by atoms with Crippen molar-refractivity contribution in [2.45, 2.75) is 39.2 Å². The summed E-state index contributed by atoms with van der Waals surface area (Å²) in [6.07, 6.45) is 5.32. The van der Waals surface area contributed by atoms with Crippen molar-refractivity contribution in [2.24, 2.45) is 0 Å². The van der Waals surface area contributed by atoms with Crippen molar-refractivity contribution in [3.8, 4) is 0 Å². The standard InChI is InChI=1S/C10H19NO/c1-3-6-11-7-4-5-10(8-11)9(2)12/h8-9,12H,3-7H2,1-2H3. The van der Waals surface area contributed by atoms with E-state index in [-0.39, 0.29) is 6.10 Å². The normalized spacial score (nSPS) is 20.6. The van der Waals surface area contributed by atoms with Gasteiger partial charge in [-0.05, 0) is 31.8 Å². The van der Waals surface area contributed by atoms with Crippen molar-refractivity contribution in [1.29, 1.82) is 0 Å². The van der Waals surface area contributed by atoms with E-state index in [1.54, 1.807) is 0 Å². The Hall–Kier alpha value is -0.500. The fourth-order valence-electron chi connectivity index (χ4n) is 1.63. The van der Waals surface area contributed by atoms with E-state index >= 15 is 0 Å². The van der Waals surface area contributed by atoms with Gasteiger partial charge in [0.25, 0.3) is 0 Å². The molecule has 0 saturated carbocycles. The number of rotatable bonds is 3. The monoisotopic (exact) mass is 169 g/mol. The van der Waals surface area contributed by atoms with E-state index in [0.717, 1.165) is 19.5 Å². The highest BCUT2D eigenvalue weighted by molar-refractivity contribution is 5.08. The van der Waals surface area contributed by atoms with Crippen molar-refractivity contribution < 1.29 is 5.11 Å². The molecule has 70 valence electrons. The van der Waals surface area contributed by atoms with Gasteiger partial charge in [-0.25, -0.2) is 0 Å². The second kappa shape index (κ2) is 4.51. The largest absolute Gasteiger partial charge is 0.389 e. The number of aliphatic hydroxyl groups is 1. The summed E-state index contributed by atoms with van der Waals surface area (Å²) >= 11 is 0. The first-order chi connectivity index (χ1) is 5.74. The molecule has 1 aliphatic rings. The van der Waals surface area contributed by atoms with E-state index in [1.165, 1.54) is 18.4 Å². The summed E-state index contributed by atoms with van der Waals surface area (Å²) in [7, 11) is 0. The molecule has 0 radical (unpaired) electrons. The fourth-order valence-corrected chi connectivity index (χ4v) is 1.63. The number of nitrogens with zero attached hydrogens (tertiary/aromatic N) is 1. The molecule has 1 heterocycles. The summed E-state index contributed by atoms with van der Waals surface area (Å²) < 4.78 is 0. The lowest BCUT2D eigenvalue weighted by molar-refractivity contribution is 0.213. The molecule has 1 rings (SSSR count). The van der Waals surface area contributed by atoms with E-state index in [2.05, 4.69) is 18.0 Å². The van der Waals surface area contributed by atoms with Crippen LogP contribution in [0.1, 0.15) is 33.1 Å². The van der Waals surface area contributed by atoms with Crippen LogP contribution in [-0.4, -0.2) is 29.2 Å². The van der Waals surface area contributed by atoms with Gasteiger partial charge >= 0.3 is 0 Å². The van der Waals surface area contributed by atoms with Crippen LogP contribution in [0.4, 0.5) is 0 Å². The number of hydrogen-bond donors (Lipinski definition) is 1. The van der Waals surface area contributed by atoms with Gasteiger partial charge < -0.3 is 10.0 Å². The maximum Gasteiger partial charge on any atom is 0.0738 e. The minimum absolute atomic E-state index is 0.260. The average Bonchev–Trinajstić information content (AvgIpc) is 2.05. The fraction of sp³-hybridized carbons (Fsp3) is 0.800. The maximum atomic E-state index is 9.37. The Morgan fingerprint density at radius 3 is 3.00 bits per heavy atom. The second-order valence-corrected chi connectivity index (χ2v) is 3.52. The van der Waals surface area contributed by atoms with E-state index in [1.807, 2.05) is 6.92 Å². The maximum absolute atomic E-state index is 9.37. The van der Waals surface area contributed by atoms with Crippen LogP contribution in [-0.2, 0) is 0 Å². The van der Waals surface area contributed by atoms with Crippen LogP contribution in [0.15, 0.2) is 11.8 Å². The minimum atomic E-state index is -0.260. The Bertz CT molecular complexity index is 163. The third-order valence-electron chi connectivity index (χ3n) is 2.31. The molecule has 0 bridgehead atoms. The van der Waals surface area contributed by atoms with Gasteiger partial charge in [-0.3, -0.25) is 0 Å². The first kappa shape index (κ1) is 9.59. The molecule has 1 unspecified atom stereocenters. The lowest BCUT2D eigenvalue weighted by atomic mass is 10.0. The van der Waals surface area contributed by atoms with Gasteiger partial charge in [0.05, 0.1) is 6.10 Å². The Morgan fingerprint density at radius 2 is 2.42 bits per heavy atom. The molecular formula is C10H19NO. The zero-order valence-electron chi connectivity index (χ0n) is 8.08. The lowest BCUT2D eigenvalue weighted by Gasteiger charge is -2.27. The van der Waals surface area contributed by atoms with Crippen molar-refractivity contribution in [2.75, 3.05) is 13.1 Å². The molecule has 1 atom stereocenters. The quantitative estimate of drug-likeness (QED) is 0.696. The Balaban J connectivity index is 2.51. The van der Waals surface area contributed by atoms with Crippen LogP contribution in [0.2, 0.25) is 0 Å². The molecule has 0 amide bonds. The zero-order chi connectivity index (χ0) is 8.97. The van der Waals surface area contributed by atoms with Crippen LogP contribution in [0, 0.1) is 0 Å². The summed E-state index contributed by atoms with van der Waals surface area (Å²) in [6.45, 7) is 6.31. The van der Waals surface area contributed by atoms with Gasteiger partial charge in [-0.2, -0.15) is 0 Å². The van der Waals surface area contributed by atoms with Crippen LogP contribution in [0.25, 0.3) is 0 Å². The third-order valence-corrected chi connectivity index (χ3v) is 2.31. The molecule has 0 fully saturated rings. The van der Waals surface area contributed by atoms with Gasteiger partial charge in [-0.15, -0.1) is 0 Å². The molecule has 0 spiro atoms. The Morgan fingerprint density at radius 1 is 1.67 bits per heavy atom. The van der Waals surface area contributed by atoms with Gasteiger partial charge in [-0.1, -0.05) is 6.92 Å². The first-order valence-electron chi connectivity index (χ1n) is 4.86. The lowest BCUT2D eigenvalue weighted by Crippen LogP contribution is -2.26. The molecular weight excluding hydrogens is 150 g/mol. The molecule has 0 saturated heterocycles. The van der Waals surface area contributed by atoms with Gasteiger partial charge in [0, 0.05) is 19.3 Å². The molecule has 0 aliphatic carbocycles. The van der Waals surface area contributed by atoms with Gasteiger partial charge in [0.2, 0.25) is 0 Å². The predicted octanol–water partition coefficient (Wildman–Crippen LogP) is 1.76. The molecule has 0 aromatic heterocycles. The van der Waals surface area contributed by atoms with Crippen molar-refractivity contribution in [3.63, 3.8) is 0 Å². The van der Waals surface area contributed by atoms with Crippen LogP contribution >= 0.6 is 0 Å². The summed E-state index contributed by atoms with van der Waals surface area (Å²) in [4.78, 5) is 2.31. The second-order valence-electron chi connectivity index (χ2n) is 3.52. The summed E-state index contributed by atoms with van der Waals surface area (Å²) in [5, 5.41) is 9.37. The SMILES string of the molecule is CCCN1C=C(C(C)O)CCC1. The highest BCUT2D eigenvalue weighted by atomic mass is 16.3. The van der Waals surface area contributed by atoms with Crippen LogP contribution < -0.4 is 0 Å². The van der Waals surface area contributed by atoms with E-state index < -0.39 is 0 Å². The smallest absolute Gasteiger partial charge is 0.0738 e. The molecule has 1 N–H and O–H groups in total. The van der Waals surface area contributed by atoms with Crippen molar-refractivity contribution >= 4 is 0 Å². The summed E-state index contributed by atoms with van der Waals surface area (Å²) in [5.74, 6) is 0. The average molecular weight is 169 g/mol. The minimum Gasteiger partial charge on any atom is -0.389 e. The molecule has 1 aliphatic heterocycles. The van der Waals surface area contributed by atoms with Gasteiger partial charge in [0.1, 0.15) is 0 Å². The van der Waals surface area contributed by atoms with Crippen LogP contribution in [0.3, 0.4) is 0 Å². The van der Waals surface area contributed by atoms with Crippen molar-refractivity contribution in [1.82, 2.24) is 4.90 Å². The molecule has 12 heavy (non-hydrogen) atoms. The molecule has 2 heteroatoms. The zero-order valence-corrected chi connectivity index (χ0v) is 8.08. The summed E-state index contributed by atoms with van der Waals surface area (Å²) in [6, 6.07) is 0. The number of aliphatic hydroxyl groups excluding tert-OH is 1. The molecule has 0 aromatic carbocycles.